The van der Waals surface area contributed by atoms with Crippen LogP contribution in [0.4, 0.5) is 0 Å². The van der Waals surface area contributed by atoms with E-state index < -0.39 is 0 Å². The summed E-state index contributed by atoms with van der Waals surface area (Å²) in [4.78, 5) is 1.29. The first-order chi connectivity index (χ1) is 4.29. The molecule has 0 spiro atoms. The minimum atomic E-state index is 1.09. The summed E-state index contributed by atoms with van der Waals surface area (Å²) < 4.78 is 0. The molecule has 1 aromatic heterocycles. The van der Waals surface area contributed by atoms with Gasteiger partial charge in [0.15, 0.2) is 0 Å². The maximum atomic E-state index is 5.18. The van der Waals surface area contributed by atoms with Crippen molar-refractivity contribution in [2.75, 3.05) is 5.84 Å². The topological polar surface area (TPSA) is 43.8 Å². The fourth-order valence-corrected chi connectivity index (χ4v) is 0.433. The lowest BCUT2D eigenvalue weighted by atomic mass is 10.4. The van der Waals surface area contributed by atoms with Gasteiger partial charge in [0.25, 0.3) is 0 Å². The van der Waals surface area contributed by atoms with E-state index in [4.69, 9.17) is 5.84 Å². The molecule has 0 aliphatic carbocycles. The predicted molar refractivity (Wildman–Crippen MR) is 38.5 cm³/mol. The first-order valence-electron chi connectivity index (χ1n) is 3.05. The van der Waals surface area contributed by atoms with Gasteiger partial charge in [0.2, 0.25) is 0 Å². The molecule has 9 heavy (non-hydrogen) atoms. The molecule has 0 aliphatic rings. The summed E-state index contributed by atoms with van der Waals surface area (Å²) in [6.45, 7) is 5.94. The Morgan fingerprint density at radius 3 is 2.22 bits per heavy atom. The molecule has 0 saturated carbocycles. The molecule has 3 heteroatoms. The summed E-state index contributed by atoms with van der Waals surface area (Å²) in [5.74, 6) is 5.18. The molecule has 52 valence electrons. The smallest absolute Gasteiger partial charge is 0.0539 e. The van der Waals surface area contributed by atoms with Gasteiger partial charge in [-0.05, 0) is 12.5 Å². The highest BCUT2D eigenvalue weighted by Crippen LogP contribution is 1.87. The molecule has 0 bridgehead atoms. The van der Waals surface area contributed by atoms with Gasteiger partial charge in [-0.2, -0.15) is 9.89 Å². The van der Waals surface area contributed by atoms with Crippen LogP contribution in [0.3, 0.4) is 0 Å². The van der Waals surface area contributed by atoms with Crippen LogP contribution < -0.4 is 5.84 Å². The van der Waals surface area contributed by atoms with E-state index in [0.717, 1.165) is 5.56 Å². The van der Waals surface area contributed by atoms with Crippen LogP contribution in [0, 0.1) is 6.92 Å². The van der Waals surface area contributed by atoms with Crippen LogP contribution in [0.25, 0.3) is 0 Å². The van der Waals surface area contributed by atoms with E-state index in [1.54, 1.807) is 12.4 Å². The largest absolute Gasteiger partial charge is 0.323 e. The van der Waals surface area contributed by atoms with Crippen LogP contribution in [0.2, 0.25) is 0 Å². The highest BCUT2D eigenvalue weighted by Gasteiger charge is 1.82. The van der Waals surface area contributed by atoms with Crippen molar-refractivity contribution < 1.29 is 0 Å². The molecule has 1 heterocycles. The van der Waals surface area contributed by atoms with Crippen LogP contribution in [0.15, 0.2) is 12.4 Å². The number of rotatable bonds is 0. The Labute approximate surface area is 55.4 Å². The zero-order valence-electron chi connectivity index (χ0n) is 6.13. The van der Waals surface area contributed by atoms with Gasteiger partial charge in [-0.1, -0.05) is 13.8 Å². The van der Waals surface area contributed by atoms with Crippen molar-refractivity contribution in [3.05, 3.63) is 18.0 Å². The second-order valence-electron chi connectivity index (χ2n) is 1.50. The Bertz CT molecular complexity index is 141. The molecule has 1 rings (SSSR count). The Balaban J connectivity index is 0.000000291. The predicted octanol–water partition coefficient (Wildman–Crippen LogP) is 0.932. The molecule has 2 N–H and O–H groups in total. The highest BCUT2D eigenvalue weighted by molar-refractivity contribution is 4.98. The minimum Gasteiger partial charge on any atom is -0.323 e. The average molecular weight is 127 g/mol. The molecule has 1 aromatic rings. The van der Waals surface area contributed by atoms with Crippen molar-refractivity contribution in [1.82, 2.24) is 9.89 Å². The first-order valence-corrected chi connectivity index (χ1v) is 3.05. The molecule has 0 aromatic carbocycles. The minimum absolute atomic E-state index is 1.09. The van der Waals surface area contributed by atoms with Crippen molar-refractivity contribution in [3.63, 3.8) is 0 Å². The van der Waals surface area contributed by atoms with Crippen LogP contribution in [0.5, 0.6) is 0 Å². The molecule has 0 aliphatic heterocycles. The van der Waals surface area contributed by atoms with Crippen molar-refractivity contribution in [2.24, 2.45) is 0 Å². The van der Waals surface area contributed by atoms with E-state index in [-0.39, 0.29) is 0 Å². The van der Waals surface area contributed by atoms with Crippen molar-refractivity contribution in [2.45, 2.75) is 20.8 Å². The monoisotopic (exact) mass is 127 g/mol. The van der Waals surface area contributed by atoms with Gasteiger partial charge in [-0.25, -0.2) is 0 Å². The summed E-state index contributed by atoms with van der Waals surface area (Å²) in [6.07, 6.45) is 3.46. The Hall–Kier alpha value is -0.990. The fraction of sp³-hybridized carbons (Fsp3) is 0.500. The van der Waals surface area contributed by atoms with Crippen LogP contribution in [0.1, 0.15) is 19.4 Å². The Kier molecular flexibility index (Phi) is 3.51. The SMILES string of the molecule is CC.Cc1cnn(N)c1. The van der Waals surface area contributed by atoms with E-state index in [0.29, 0.717) is 0 Å². The van der Waals surface area contributed by atoms with Gasteiger partial charge >= 0.3 is 0 Å². The number of nitrogens with two attached hydrogens (primary N) is 1. The van der Waals surface area contributed by atoms with Crippen LogP contribution in [-0.4, -0.2) is 9.89 Å². The molecular weight excluding hydrogens is 114 g/mol. The third-order valence-electron chi connectivity index (χ3n) is 0.731. The normalized spacial score (nSPS) is 7.89. The zero-order chi connectivity index (χ0) is 7.28. The van der Waals surface area contributed by atoms with E-state index in [2.05, 4.69) is 5.10 Å². The van der Waals surface area contributed by atoms with Crippen molar-refractivity contribution in [1.29, 1.82) is 0 Å². The summed E-state index contributed by atoms with van der Waals surface area (Å²) in [7, 11) is 0. The molecule has 0 amide bonds. The maximum Gasteiger partial charge on any atom is 0.0539 e. The van der Waals surface area contributed by atoms with E-state index in [9.17, 15) is 0 Å². The van der Waals surface area contributed by atoms with Gasteiger partial charge in [0, 0.05) is 0 Å². The lowest BCUT2D eigenvalue weighted by Gasteiger charge is -1.79. The molecule has 0 atom stereocenters. The number of nitrogen functional groups attached to an aromatic ring is 1. The summed E-state index contributed by atoms with van der Waals surface area (Å²) in [5, 5.41) is 3.71. The average Bonchev–Trinajstić information content (AvgIpc) is 2.20. The Morgan fingerprint density at radius 2 is 2.11 bits per heavy atom. The third kappa shape index (κ3) is 2.74. The van der Waals surface area contributed by atoms with Gasteiger partial charge < -0.3 is 5.84 Å². The number of nitrogens with zero attached hydrogens (tertiary/aromatic N) is 2. The molecule has 0 fully saturated rings. The molecule has 0 saturated heterocycles. The lowest BCUT2D eigenvalue weighted by Crippen LogP contribution is -2.06. The standard InChI is InChI=1S/C4H7N3.C2H6/c1-4-2-6-7(5)3-4;1-2/h2-3H,5H2,1H3;1-2H3. The number of aryl methyl sites for hydroxylation is 1. The molecule has 0 unspecified atom stereocenters. The quantitative estimate of drug-likeness (QED) is 0.527. The number of hydrogen-bond acceptors (Lipinski definition) is 2. The number of hydrogen-bond donors (Lipinski definition) is 1. The fourth-order valence-electron chi connectivity index (χ4n) is 0.433. The molecule has 0 radical (unpaired) electrons. The van der Waals surface area contributed by atoms with Crippen molar-refractivity contribution in [3.8, 4) is 0 Å². The highest BCUT2D eigenvalue weighted by atomic mass is 15.5. The van der Waals surface area contributed by atoms with E-state index >= 15 is 0 Å². The summed E-state index contributed by atoms with van der Waals surface area (Å²) in [6, 6.07) is 0. The number of aromatic nitrogens is 2. The summed E-state index contributed by atoms with van der Waals surface area (Å²) in [5.41, 5.74) is 1.09. The summed E-state index contributed by atoms with van der Waals surface area (Å²) >= 11 is 0. The van der Waals surface area contributed by atoms with E-state index in [1.165, 1.54) is 4.79 Å². The third-order valence-corrected chi connectivity index (χ3v) is 0.731. The van der Waals surface area contributed by atoms with Gasteiger partial charge in [-0.15, -0.1) is 0 Å². The molecular formula is C6H13N3. The zero-order valence-corrected chi connectivity index (χ0v) is 6.13. The van der Waals surface area contributed by atoms with Gasteiger partial charge in [-0.3, -0.25) is 0 Å². The Morgan fingerprint density at radius 1 is 1.56 bits per heavy atom. The second kappa shape index (κ2) is 3.95. The van der Waals surface area contributed by atoms with Crippen molar-refractivity contribution >= 4 is 0 Å². The van der Waals surface area contributed by atoms with Crippen LogP contribution in [-0.2, 0) is 0 Å². The van der Waals surface area contributed by atoms with Crippen LogP contribution >= 0.6 is 0 Å². The second-order valence-corrected chi connectivity index (χ2v) is 1.50. The van der Waals surface area contributed by atoms with Gasteiger partial charge in [0.1, 0.15) is 0 Å². The van der Waals surface area contributed by atoms with E-state index in [1.807, 2.05) is 20.8 Å². The molecule has 3 nitrogen and oxygen atoms in total. The van der Waals surface area contributed by atoms with Gasteiger partial charge in [0.05, 0.1) is 12.4 Å². The maximum absolute atomic E-state index is 5.18. The lowest BCUT2D eigenvalue weighted by molar-refractivity contribution is 0.832. The first kappa shape index (κ1) is 8.01.